The Morgan fingerprint density at radius 2 is 1.79 bits per heavy atom. The lowest BCUT2D eigenvalue weighted by molar-refractivity contribution is -0.162. The van der Waals surface area contributed by atoms with E-state index in [1.807, 2.05) is 20.8 Å². The van der Waals surface area contributed by atoms with Gasteiger partial charge in [-0.05, 0) is 19.4 Å². The molecule has 7 nitrogen and oxygen atoms in total. The van der Waals surface area contributed by atoms with E-state index >= 15 is 0 Å². The molecule has 0 spiro atoms. The number of carbonyl (C=O) groups excluding carboxylic acids is 3. The van der Waals surface area contributed by atoms with Crippen molar-refractivity contribution in [2.24, 2.45) is 5.41 Å². The van der Waals surface area contributed by atoms with Crippen molar-refractivity contribution in [3.63, 3.8) is 0 Å². The van der Waals surface area contributed by atoms with Crippen molar-refractivity contribution in [1.82, 2.24) is 4.90 Å². The minimum Gasteiger partial charge on any atom is -0.467 e. The molecule has 0 unspecified atom stereocenters. The predicted molar refractivity (Wildman–Crippen MR) is 102 cm³/mol. The number of hydrogen-bond acceptors (Lipinski definition) is 6. The van der Waals surface area contributed by atoms with E-state index in [1.165, 1.54) is 12.0 Å². The smallest absolute Gasteiger partial charge is 0.331 e. The average molecular weight is 391 g/mol. The fourth-order valence-corrected chi connectivity index (χ4v) is 3.41. The van der Waals surface area contributed by atoms with Crippen molar-refractivity contribution in [3.05, 3.63) is 35.9 Å². The molecule has 1 aromatic carbocycles. The number of rotatable bonds is 5. The highest BCUT2D eigenvalue weighted by Crippen LogP contribution is 2.38. The number of amides is 1. The van der Waals surface area contributed by atoms with Crippen LogP contribution in [0.3, 0.4) is 0 Å². The molecule has 154 valence electrons. The van der Waals surface area contributed by atoms with E-state index in [0.29, 0.717) is 5.56 Å². The van der Waals surface area contributed by atoms with E-state index in [2.05, 4.69) is 0 Å². The quantitative estimate of drug-likeness (QED) is 0.567. The molecule has 0 aliphatic carbocycles. The van der Waals surface area contributed by atoms with E-state index in [-0.39, 0.29) is 6.61 Å². The van der Waals surface area contributed by atoms with Gasteiger partial charge in [-0.1, -0.05) is 51.1 Å². The van der Waals surface area contributed by atoms with E-state index in [4.69, 9.17) is 14.2 Å². The zero-order chi connectivity index (χ0) is 21.1. The number of benzene rings is 1. The minimum absolute atomic E-state index is 0.144. The molecule has 1 aromatic rings. The number of methoxy groups -OCH3 is 1. The van der Waals surface area contributed by atoms with Gasteiger partial charge < -0.3 is 14.2 Å². The summed E-state index contributed by atoms with van der Waals surface area (Å²) in [5.74, 6) is -2.96. The summed E-state index contributed by atoms with van der Waals surface area (Å²) >= 11 is 0. The lowest BCUT2D eigenvalue weighted by Crippen LogP contribution is -2.53. The molecule has 0 saturated carbocycles. The van der Waals surface area contributed by atoms with Crippen molar-refractivity contribution in [3.8, 4) is 0 Å². The van der Waals surface area contributed by atoms with Crippen LogP contribution in [0.2, 0.25) is 0 Å². The fraction of sp³-hybridized carbons (Fsp3) is 0.571. The zero-order valence-electron chi connectivity index (χ0n) is 17.3. The molecular weight excluding hydrogens is 362 g/mol. The summed E-state index contributed by atoms with van der Waals surface area (Å²) in [6.07, 6.45) is -1.26. The normalized spacial score (nSPS) is 23.2. The molecule has 1 fully saturated rings. The zero-order valence-corrected chi connectivity index (χ0v) is 17.3. The van der Waals surface area contributed by atoms with Crippen molar-refractivity contribution < 1.29 is 28.6 Å². The highest BCUT2D eigenvalue weighted by Gasteiger charge is 2.53. The van der Waals surface area contributed by atoms with Gasteiger partial charge in [-0.25, -0.2) is 4.79 Å². The molecule has 0 aromatic heterocycles. The molecule has 2 rings (SSSR count). The van der Waals surface area contributed by atoms with Gasteiger partial charge in [0.1, 0.15) is 6.23 Å². The van der Waals surface area contributed by atoms with Crippen LogP contribution in [-0.4, -0.2) is 54.8 Å². The molecule has 28 heavy (non-hydrogen) atoms. The molecule has 0 N–H and O–H groups in total. The minimum atomic E-state index is -1.19. The second kappa shape index (κ2) is 8.73. The van der Waals surface area contributed by atoms with Crippen LogP contribution < -0.4 is 0 Å². The Bertz CT molecular complexity index is 711. The van der Waals surface area contributed by atoms with Crippen LogP contribution >= 0.6 is 0 Å². The van der Waals surface area contributed by atoms with E-state index < -0.39 is 47.6 Å². The first-order valence-electron chi connectivity index (χ1n) is 9.40. The Hall–Kier alpha value is -2.41. The van der Waals surface area contributed by atoms with Gasteiger partial charge in [0.15, 0.2) is 12.0 Å². The summed E-state index contributed by atoms with van der Waals surface area (Å²) in [5.41, 5.74) is 0.0181. The molecular formula is C21H29NO6. The lowest BCUT2D eigenvalue weighted by Gasteiger charge is -2.36. The van der Waals surface area contributed by atoms with Crippen molar-refractivity contribution in [1.29, 1.82) is 0 Å². The Labute approximate surface area is 165 Å². The predicted octanol–water partition coefficient (Wildman–Crippen LogP) is 2.49. The third-order valence-corrected chi connectivity index (χ3v) is 4.68. The van der Waals surface area contributed by atoms with Gasteiger partial charge in [0.2, 0.25) is 5.91 Å². The highest BCUT2D eigenvalue weighted by molar-refractivity contribution is 6.04. The SMILES string of the molecule is CCOC(=O)[C@H](C(=O)N1[C@H](C(=O)OC)[C@@H](C)O[C@@H]1C(C)(C)C)c1ccccc1. The van der Waals surface area contributed by atoms with Gasteiger partial charge in [0.05, 0.1) is 19.8 Å². The monoisotopic (exact) mass is 391 g/mol. The lowest BCUT2D eigenvalue weighted by atomic mass is 9.90. The van der Waals surface area contributed by atoms with Gasteiger partial charge in [-0.2, -0.15) is 0 Å². The summed E-state index contributed by atoms with van der Waals surface area (Å²) in [4.78, 5) is 40.1. The van der Waals surface area contributed by atoms with Crippen molar-refractivity contribution in [2.75, 3.05) is 13.7 Å². The first-order chi connectivity index (χ1) is 13.1. The molecule has 4 atom stereocenters. The standard InChI is InChI=1S/C21H29NO6/c1-7-27-18(24)15(14-11-9-8-10-12-14)17(23)22-16(19(25)26-6)13(2)28-20(22)21(3,4)5/h8-13,15-16,20H,7H2,1-6H3/t13-,15+,16+,20-/m1/s1. The molecule has 0 radical (unpaired) electrons. The average Bonchev–Trinajstić information content (AvgIpc) is 3.00. The van der Waals surface area contributed by atoms with Crippen LogP contribution in [0, 0.1) is 5.41 Å². The maximum atomic E-state index is 13.6. The number of hydrogen-bond donors (Lipinski definition) is 0. The largest absolute Gasteiger partial charge is 0.467 e. The summed E-state index contributed by atoms with van der Waals surface area (Å²) < 4.78 is 16.0. The second-order valence-corrected chi connectivity index (χ2v) is 7.87. The molecule has 1 saturated heterocycles. The van der Waals surface area contributed by atoms with Crippen LogP contribution in [0.25, 0.3) is 0 Å². The van der Waals surface area contributed by atoms with Gasteiger partial charge in [-0.15, -0.1) is 0 Å². The maximum Gasteiger partial charge on any atom is 0.331 e. The topological polar surface area (TPSA) is 82.1 Å². The fourth-order valence-electron chi connectivity index (χ4n) is 3.41. The number of esters is 2. The van der Waals surface area contributed by atoms with Gasteiger partial charge in [0.25, 0.3) is 0 Å². The van der Waals surface area contributed by atoms with E-state index in [1.54, 1.807) is 44.2 Å². The van der Waals surface area contributed by atoms with Crippen LogP contribution in [-0.2, 0) is 28.6 Å². The van der Waals surface area contributed by atoms with E-state index in [9.17, 15) is 14.4 Å². The number of carbonyl (C=O) groups is 3. The summed E-state index contributed by atoms with van der Waals surface area (Å²) in [6.45, 7) is 9.27. The first-order valence-corrected chi connectivity index (χ1v) is 9.40. The van der Waals surface area contributed by atoms with Crippen LogP contribution in [0.1, 0.15) is 46.1 Å². The molecule has 1 aliphatic heterocycles. The summed E-state index contributed by atoms with van der Waals surface area (Å²) in [6, 6.07) is 7.74. The first kappa shape index (κ1) is 21.9. The molecule has 1 aliphatic rings. The van der Waals surface area contributed by atoms with Gasteiger partial charge in [0, 0.05) is 5.41 Å². The third-order valence-electron chi connectivity index (χ3n) is 4.68. The Balaban J connectivity index is 2.53. The Morgan fingerprint density at radius 3 is 2.29 bits per heavy atom. The van der Waals surface area contributed by atoms with Gasteiger partial charge >= 0.3 is 11.9 Å². The van der Waals surface area contributed by atoms with Crippen LogP contribution in [0.5, 0.6) is 0 Å². The maximum absolute atomic E-state index is 13.6. The number of ether oxygens (including phenoxy) is 3. The second-order valence-electron chi connectivity index (χ2n) is 7.87. The van der Waals surface area contributed by atoms with Crippen LogP contribution in [0.15, 0.2) is 30.3 Å². The molecule has 0 bridgehead atoms. The molecule has 1 heterocycles. The molecule has 1 amide bonds. The van der Waals surface area contributed by atoms with Crippen LogP contribution in [0.4, 0.5) is 0 Å². The summed E-state index contributed by atoms with van der Waals surface area (Å²) in [7, 11) is 1.27. The van der Waals surface area contributed by atoms with Crippen molar-refractivity contribution in [2.45, 2.75) is 58.9 Å². The Kier molecular flexibility index (Phi) is 6.82. The summed E-state index contributed by atoms with van der Waals surface area (Å²) in [5, 5.41) is 0. The van der Waals surface area contributed by atoms with Gasteiger partial charge in [-0.3, -0.25) is 14.5 Å². The van der Waals surface area contributed by atoms with E-state index in [0.717, 1.165) is 0 Å². The molecule has 7 heteroatoms. The third kappa shape index (κ3) is 4.35. The highest BCUT2D eigenvalue weighted by atomic mass is 16.6. The van der Waals surface area contributed by atoms with Crippen molar-refractivity contribution >= 4 is 17.8 Å². The Morgan fingerprint density at radius 1 is 1.18 bits per heavy atom. The number of nitrogens with zero attached hydrogens (tertiary/aromatic N) is 1.